The van der Waals surface area contributed by atoms with E-state index in [4.69, 9.17) is 22.7 Å². The number of anilines is 1. The zero-order valence-corrected chi connectivity index (χ0v) is 9.46. The van der Waals surface area contributed by atoms with Crippen molar-refractivity contribution in [3.8, 4) is 0 Å². The highest BCUT2D eigenvalue weighted by Crippen LogP contribution is 2.25. The fraction of sp³-hybridized carbons (Fsp3) is 0.429. The molecule has 1 heterocycles. The summed E-state index contributed by atoms with van der Waals surface area (Å²) in [5.41, 5.74) is 5.52. The molecular formula is C7H8ClF3N4S. The predicted octanol–water partition coefficient (Wildman–Crippen LogP) is 2.14. The number of hydrogen-bond acceptors (Lipinski definition) is 3. The summed E-state index contributed by atoms with van der Waals surface area (Å²) in [6.07, 6.45) is -4.45. The first-order chi connectivity index (χ1) is 7.33. The average Bonchev–Trinajstić information content (AvgIpc) is 2.60. The van der Waals surface area contributed by atoms with Crippen LogP contribution in [-0.2, 0) is 5.88 Å². The standard InChI is InChI=1S/C7H8ClF3N4S/c8-1-4-2-16-6(14-4)15(5(12)13)3-7(9,10)11/h2H,1,3H2,(H3,12,13). The second-order valence-corrected chi connectivity index (χ2v) is 3.95. The summed E-state index contributed by atoms with van der Waals surface area (Å²) < 4.78 is 36.6. The number of nitrogens with two attached hydrogens (primary N) is 1. The molecule has 0 saturated carbocycles. The minimum Gasteiger partial charge on any atom is -0.370 e. The summed E-state index contributed by atoms with van der Waals surface area (Å²) in [6.45, 7) is -1.34. The number of alkyl halides is 4. The Bertz CT molecular complexity index is 378. The molecule has 0 fully saturated rings. The van der Waals surface area contributed by atoms with Crippen LogP contribution in [0.2, 0.25) is 0 Å². The third kappa shape index (κ3) is 3.53. The van der Waals surface area contributed by atoms with Gasteiger partial charge in [-0.1, -0.05) is 0 Å². The van der Waals surface area contributed by atoms with Gasteiger partial charge in [-0.2, -0.15) is 13.2 Å². The van der Waals surface area contributed by atoms with Gasteiger partial charge in [-0.3, -0.25) is 10.3 Å². The summed E-state index contributed by atoms with van der Waals surface area (Å²) in [7, 11) is 0. The number of guanidine groups is 1. The smallest absolute Gasteiger partial charge is 0.370 e. The topological polar surface area (TPSA) is 66.0 Å². The zero-order chi connectivity index (χ0) is 12.3. The van der Waals surface area contributed by atoms with Crippen molar-refractivity contribution in [2.45, 2.75) is 12.1 Å². The molecule has 16 heavy (non-hydrogen) atoms. The van der Waals surface area contributed by atoms with Crippen molar-refractivity contribution in [1.82, 2.24) is 4.98 Å². The Morgan fingerprint density at radius 3 is 2.62 bits per heavy atom. The van der Waals surface area contributed by atoms with Gasteiger partial charge in [-0.05, 0) is 0 Å². The molecule has 0 bridgehead atoms. The van der Waals surface area contributed by atoms with Gasteiger partial charge in [0.15, 0.2) is 11.1 Å². The van der Waals surface area contributed by atoms with Crippen LogP contribution in [0, 0.1) is 5.41 Å². The van der Waals surface area contributed by atoms with Gasteiger partial charge in [-0.25, -0.2) is 4.98 Å². The first-order valence-corrected chi connectivity index (χ1v) is 5.43. The zero-order valence-electron chi connectivity index (χ0n) is 7.88. The van der Waals surface area contributed by atoms with Crippen molar-refractivity contribution in [3.05, 3.63) is 11.1 Å². The summed E-state index contributed by atoms with van der Waals surface area (Å²) in [5.74, 6) is -0.596. The summed E-state index contributed by atoms with van der Waals surface area (Å²) in [6, 6.07) is 0. The Hall–Kier alpha value is -1.02. The van der Waals surface area contributed by atoms with E-state index in [2.05, 4.69) is 4.98 Å². The fourth-order valence-corrected chi connectivity index (χ4v) is 1.98. The molecule has 90 valence electrons. The Balaban J connectivity index is 2.90. The van der Waals surface area contributed by atoms with Gasteiger partial charge in [0, 0.05) is 5.38 Å². The molecule has 0 aromatic carbocycles. The van der Waals surface area contributed by atoms with E-state index in [1.165, 1.54) is 5.38 Å². The van der Waals surface area contributed by atoms with Crippen molar-refractivity contribution in [2.75, 3.05) is 11.4 Å². The van der Waals surface area contributed by atoms with Crippen LogP contribution in [-0.4, -0.2) is 23.7 Å². The van der Waals surface area contributed by atoms with Crippen LogP contribution in [0.4, 0.5) is 18.3 Å². The third-order valence-corrected chi connectivity index (χ3v) is 2.72. The van der Waals surface area contributed by atoms with E-state index in [9.17, 15) is 13.2 Å². The van der Waals surface area contributed by atoms with Crippen molar-refractivity contribution in [1.29, 1.82) is 5.41 Å². The van der Waals surface area contributed by atoms with Crippen molar-refractivity contribution in [2.24, 2.45) is 5.73 Å². The molecule has 0 aliphatic heterocycles. The Morgan fingerprint density at radius 1 is 1.62 bits per heavy atom. The van der Waals surface area contributed by atoms with E-state index >= 15 is 0 Å². The van der Waals surface area contributed by atoms with E-state index < -0.39 is 18.7 Å². The largest absolute Gasteiger partial charge is 0.406 e. The van der Waals surface area contributed by atoms with E-state index in [1.54, 1.807) is 0 Å². The van der Waals surface area contributed by atoms with Gasteiger partial charge in [0.1, 0.15) is 6.54 Å². The first kappa shape index (κ1) is 13.0. The molecule has 0 radical (unpaired) electrons. The molecular weight excluding hydrogens is 265 g/mol. The second kappa shape index (κ2) is 4.88. The van der Waals surface area contributed by atoms with Gasteiger partial charge >= 0.3 is 6.18 Å². The molecule has 0 aliphatic carbocycles. The average molecular weight is 273 g/mol. The maximum Gasteiger partial charge on any atom is 0.406 e. The number of thiazole rings is 1. The number of hydrogen-bond donors (Lipinski definition) is 2. The molecule has 3 N–H and O–H groups in total. The molecule has 0 unspecified atom stereocenters. The van der Waals surface area contributed by atoms with E-state index in [1.807, 2.05) is 0 Å². The molecule has 1 rings (SSSR count). The van der Waals surface area contributed by atoms with Crippen LogP contribution in [0.3, 0.4) is 0 Å². The highest BCUT2D eigenvalue weighted by Gasteiger charge is 2.33. The van der Waals surface area contributed by atoms with Crippen LogP contribution in [0.15, 0.2) is 5.38 Å². The van der Waals surface area contributed by atoms with Crippen LogP contribution < -0.4 is 10.6 Å². The molecule has 4 nitrogen and oxygen atoms in total. The maximum atomic E-state index is 12.2. The minimum atomic E-state index is -4.45. The number of aromatic nitrogens is 1. The number of nitrogens with one attached hydrogen (secondary N) is 1. The number of halogens is 4. The summed E-state index contributed by atoms with van der Waals surface area (Å²) in [5, 5.41) is 8.61. The van der Waals surface area contributed by atoms with E-state index in [0.29, 0.717) is 10.6 Å². The lowest BCUT2D eigenvalue weighted by atomic mass is 10.5. The molecule has 9 heteroatoms. The molecule has 0 aliphatic rings. The van der Waals surface area contributed by atoms with Gasteiger partial charge in [-0.15, -0.1) is 22.9 Å². The lowest BCUT2D eigenvalue weighted by Gasteiger charge is -2.20. The summed E-state index contributed by atoms with van der Waals surface area (Å²) >= 11 is 6.44. The fourth-order valence-electron chi connectivity index (χ4n) is 0.917. The summed E-state index contributed by atoms with van der Waals surface area (Å²) in [4.78, 5) is 4.41. The van der Waals surface area contributed by atoms with Gasteiger partial charge in [0.2, 0.25) is 0 Å². The van der Waals surface area contributed by atoms with Gasteiger partial charge in [0.25, 0.3) is 0 Å². The quantitative estimate of drug-likeness (QED) is 0.503. The SMILES string of the molecule is N=C(N)N(CC(F)(F)F)c1nc(CCl)cs1. The molecule has 0 spiro atoms. The molecule has 0 atom stereocenters. The van der Waals surface area contributed by atoms with Crippen molar-refractivity contribution < 1.29 is 13.2 Å². The van der Waals surface area contributed by atoms with Crippen molar-refractivity contribution >= 4 is 34.0 Å². The van der Waals surface area contributed by atoms with E-state index in [-0.39, 0.29) is 11.0 Å². The lowest BCUT2D eigenvalue weighted by molar-refractivity contribution is -0.118. The molecule has 1 aromatic heterocycles. The predicted molar refractivity (Wildman–Crippen MR) is 57.0 cm³/mol. The van der Waals surface area contributed by atoms with Gasteiger partial charge < -0.3 is 5.73 Å². The normalized spacial score (nSPS) is 11.5. The monoisotopic (exact) mass is 272 g/mol. The van der Waals surface area contributed by atoms with E-state index in [0.717, 1.165) is 11.3 Å². The third-order valence-electron chi connectivity index (χ3n) is 1.54. The highest BCUT2D eigenvalue weighted by atomic mass is 35.5. The van der Waals surface area contributed by atoms with Gasteiger partial charge in [0.05, 0.1) is 11.6 Å². The first-order valence-electron chi connectivity index (χ1n) is 4.02. The Morgan fingerprint density at radius 2 is 2.25 bits per heavy atom. The lowest BCUT2D eigenvalue weighted by Crippen LogP contribution is -2.42. The molecule has 0 amide bonds. The maximum absolute atomic E-state index is 12.2. The highest BCUT2D eigenvalue weighted by molar-refractivity contribution is 7.14. The Labute approximate surface area is 98.3 Å². The minimum absolute atomic E-state index is 0.0143. The van der Waals surface area contributed by atoms with Crippen LogP contribution >= 0.6 is 22.9 Å². The van der Waals surface area contributed by atoms with Crippen molar-refractivity contribution in [3.63, 3.8) is 0 Å². The molecule has 0 saturated heterocycles. The van der Waals surface area contributed by atoms with Crippen LogP contribution in [0.25, 0.3) is 0 Å². The Kier molecular flexibility index (Phi) is 3.98. The number of rotatable bonds is 3. The number of nitrogens with zero attached hydrogens (tertiary/aromatic N) is 2. The van der Waals surface area contributed by atoms with Crippen LogP contribution in [0.1, 0.15) is 5.69 Å². The van der Waals surface area contributed by atoms with Crippen LogP contribution in [0.5, 0.6) is 0 Å². The second-order valence-electron chi connectivity index (χ2n) is 2.84. The molecule has 1 aromatic rings.